The van der Waals surface area contributed by atoms with Gasteiger partial charge in [0.25, 0.3) is 5.91 Å². The summed E-state index contributed by atoms with van der Waals surface area (Å²) in [7, 11) is 0. The molecule has 2 amide bonds. The molecule has 1 unspecified atom stereocenters. The van der Waals surface area contributed by atoms with Crippen molar-refractivity contribution in [1.82, 2.24) is 20.6 Å². The fourth-order valence-electron chi connectivity index (χ4n) is 2.15. The largest absolute Gasteiger partial charge is 0.472 e. The van der Waals surface area contributed by atoms with Gasteiger partial charge < -0.3 is 20.0 Å². The zero-order valence-corrected chi connectivity index (χ0v) is 12.5. The molecule has 0 bridgehead atoms. The highest BCUT2D eigenvalue weighted by Gasteiger charge is 2.17. The van der Waals surface area contributed by atoms with Crippen LogP contribution in [0, 0.1) is 0 Å². The molecule has 23 heavy (non-hydrogen) atoms. The number of H-pyrrole nitrogens is 1. The SMILES string of the molecule is CC(NC(=O)c1ccoc1)C(=O)NCc1nc2ccccc2[nH]1. The number of nitrogens with one attached hydrogen (secondary N) is 3. The molecule has 2 heterocycles. The van der Waals surface area contributed by atoms with Crippen molar-refractivity contribution in [2.45, 2.75) is 19.5 Å². The topological polar surface area (TPSA) is 100 Å². The predicted octanol–water partition coefficient (Wildman–Crippen LogP) is 1.59. The van der Waals surface area contributed by atoms with E-state index in [-0.39, 0.29) is 18.4 Å². The summed E-state index contributed by atoms with van der Waals surface area (Å²) in [5.41, 5.74) is 2.14. The van der Waals surface area contributed by atoms with Crippen molar-refractivity contribution < 1.29 is 14.0 Å². The first-order valence-corrected chi connectivity index (χ1v) is 7.18. The van der Waals surface area contributed by atoms with Gasteiger partial charge in [0.15, 0.2) is 0 Å². The van der Waals surface area contributed by atoms with Gasteiger partial charge in [-0.05, 0) is 25.1 Å². The summed E-state index contributed by atoms with van der Waals surface area (Å²) < 4.78 is 4.84. The Labute approximate surface area is 132 Å². The molecular weight excluding hydrogens is 296 g/mol. The van der Waals surface area contributed by atoms with E-state index in [9.17, 15) is 9.59 Å². The molecule has 1 atom stereocenters. The van der Waals surface area contributed by atoms with Crippen LogP contribution >= 0.6 is 0 Å². The number of fused-ring (bicyclic) bond motifs is 1. The highest BCUT2D eigenvalue weighted by Crippen LogP contribution is 2.09. The molecule has 0 aliphatic rings. The zero-order valence-electron chi connectivity index (χ0n) is 12.5. The summed E-state index contributed by atoms with van der Waals surface area (Å²) >= 11 is 0. The van der Waals surface area contributed by atoms with Crippen LogP contribution in [0.1, 0.15) is 23.1 Å². The molecule has 0 spiro atoms. The maximum atomic E-state index is 12.0. The van der Waals surface area contributed by atoms with Crippen molar-refractivity contribution in [2.24, 2.45) is 0 Å². The Morgan fingerprint density at radius 3 is 2.87 bits per heavy atom. The van der Waals surface area contributed by atoms with Gasteiger partial charge in [-0.2, -0.15) is 0 Å². The van der Waals surface area contributed by atoms with Gasteiger partial charge in [-0.3, -0.25) is 9.59 Å². The third kappa shape index (κ3) is 3.39. The number of carbonyl (C=O) groups is 2. The van der Waals surface area contributed by atoms with Gasteiger partial charge in [0.05, 0.1) is 29.4 Å². The van der Waals surface area contributed by atoms with Crippen LogP contribution in [0.15, 0.2) is 47.3 Å². The number of carbonyl (C=O) groups excluding carboxylic acids is 2. The van der Waals surface area contributed by atoms with Crippen LogP contribution in [-0.4, -0.2) is 27.8 Å². The van der Waals surface area contributed by atoms with Crippen molar-refractivity contribution in [3.05, 3.63) is 54.2 Å². The number of hydrogen-bond donors (Lipinski definition) is 3. The lowest BCUT2D eigenvalue weighted by molar-refractivity contribution is -0.122. The fraction of sp³-hybridized carbons (Fsp3) is 0.188. The number of nitrogens with zero attached hydrogens (tertiary/aromatic N) is 1. The van der Waals surface area contributed by atoms with E-state index in [4.69, 9.17) is 4.42 Å². The van der Waals surface area contributed by atoms with E-state index in [0.29, 0.717) is 11.4 Å². The van der Waals surface area contributed by atoms with Crippen LogP contribution in [0.5, 0.6) is 0 Å². The summed E-state index contributed by atoms with van der Waals surface area (Å²) in [4.78, 5) is 31.4. The standard InChI is InChI=1S/C16H16N4O3/c1-10(18-16(22)11-6-7-23-9-11)15(21)17-8-14-19-12-4-2-3-5-13(12)20-14/h2-7,9-10H,8H2,1H3,(H,17,21)(H,18,22)(H,19,20). The lowest BCUT2D eigenvalue weighted by atomic mass is 10.2. The fourth-order valence-corrected chi connectivity index (χ4v) is 2.15. The second-order valence-corrected chi connectivity index (χ2v) is 5.13. The van der Waals surface area contributed by atoms with E-state index in [1.165, 1.54) is 18.6 Å². The first kappa shape index (κ1) is 14.8. The van der Waals surface area contributed by atoms with Crippen molar-refractivity contribution in [3.8, 4) is 0 Å². The minimum atomic E-state index is -0.665. The number of amides is 2. The molecule has 7 heteroatoms. The quantitative estimate of drug-likeness (QED) is 0.666. The van der Waals surface area contributed by atoms with Crippen LogP contribution < -0.4 is 10.6 Å². The summed E-state index contributed by atoms with van der Waals surface area (Å²) in [5, 5.41) is 5.34. The lowest BCUT2D eigenvalue weighted by Crippen LogP contribution is -2.44. The Morgan fingerprint density at radius 1 is 1.30 bits per heavy atom. The molecule has 0 saturated heterocycles. The third-order valence-corrected chi connectivity index (χ3v) is 3.39. The zero-order chi connectivity index (χ0) is 16.2. The number of hydrogen-bond acceptors (Lipinski definition) is 4. The second-order valence-electron chi connectivity index (χ2n) is 5.13. The van der Waals surface area contributed by atoms with Crippen LogP contribution in [0.4, 0.5) is 0 Å². The molecule has 3 aromatic rings. The maximum absolute atomic E-state index is 12.0. The van der Waals surface area contributed by atoms with Gasteiger partial charge in [0.2, 0.25) is 5.91 Å². The van der Waals surface area contributed by atoms with E-state index in [0.717, 1.165) is 11.0 Å². The molecule has 0 fully saturated rings. The molecule has 0 aliphatic heterocycles. The molecule has 2 aromatic heterocycles. The van der Waals surface area contributed by atoms with E-state index < -0.39 is 6.04 Å². The number of rotatable bonds is 5. The van der Waals surface area contributed by atoms with Crippen LogP contribution in [0.2, 0.25) is 0 Å². The molecule has 3 N–H and O–H groups in total. The van der Waals surface area contributed by atoms with Crippen LogP contribution in [0.25, 0.3) is 11.0 Å². The number of imidazole rings is 1. The number of furan rings is 1. The summed E-state index contributed by atoms with van der Waals surface area (Å²) in [6, 6.07) is 8.50. The number of benzene rings is 1. The van der Waals surface area contributed by atoms with E-state index in [1.54, 1.807) is 6.92 Å². The average molecular weight is 312 g/mol. The maximum Gasteiger partial charge on any atom is 0.255 e. The van der Waals surface area contributed by atoms with Crippen molar-refractivity contribution in [3.63, 3.8) is 0 Å². The van der Waals surface area contributed by atoms with Gasteiger partial charge in [-0.1, -0.05) is 12.1 Å². The lowest BCUT2D eigenvalue weighted by Gasteiger charge is -2.12. The van der Waals surface area contributed by atoms with E-state index >= 15 is 0 Å². The Bertz CT molecular complexity index is 790. The van der Waals surface area contributed by atoms with Gasteiger partial charge in [-0.25, -0.2) is 4.98 Å². The van der Waals surface area contributed by atoms with Gasteiger partial charge in [0.1, 0.15) is 18.1 Å². The predicted molar refractivity (Wildman–Crippen MR) is 83.6 cm³/mol. The van der Waals surface area contributed by atoms with Crippen LogP contribution in [0.3, 0.4) is 0 Å². The number of para-hydroxylation sites is 2. The first-order valence-electron chi connectivity index (χ1n) is 7.18. The Hall–Kier alpha value is -3.09. The minimum Gasteiger partial charge on any atom is -0.472 e. The summed E-state index contributed by atoms with van der Waals surface area (Å²) in [6.45, 7) is 1.88. The molecule has 7 nitrogen and oxygen atoms in total. The average Bonchev–Trinajstić information content (AvgIpc) is 3.21. The molecule has 1 aromatic carbocycles. The van der Waals surface area contributed by atoms with Gasteiger partial charge >= 0.3 is 0 Å². The molecule has 0 aliphatic carbocycles. The monoisotopic (exact) mass is 312 g/mol. The third-order valence-electron chi connectivity index (χ3n) is 3.39. The van der Waals surface area contributed by atoms with Crippen molar-refractivity contribution in [2.75, 3.05) is 0 Å². The van der Waals surface area contributed by atoms with Gasteiger partial charge in [0, 0.05) is 0 Å². The van der Waals surface area contributed by atoms with E-state index in [2.05, 4.69) is 20.6 Å². The molecule has 0 radical (unpaired) electrons. The molecule has 118 valence electrons. The molecule has 0 saturated carbocycles. The normalized spacial score (nSPS) is 12.0. The smallest absolute Gasteiger partial charge is 0.255 e. The Balaban J connectivity index is 1.55. The minimum absolute atomic E-state index is 0.263. The Morgan fingerprint density at radius 2 is 2.13 bits per heavy atom. The van der Waals surface area contributed by atoms with Gasteiger partial charge in [-0.15, -0.1) is 0 Å². The van der Waals surface area contributed by atoms with Crippen molar-refractivity contribution >= 4 is 22.8 Å². The van der Waals surface area contributed by atoms with E-state index in [1.807, 2.05) is 24.3 Å². The number of aromatic amines is 1. The number of aromatic nitrogens is 2. The summed E-state index contributed by atoms with van der Waals surface area (Å²) in [5.74, 6) is 0.0142. The highest BCUT2D eigenvalue weighted by molar-refractivity contribution is 5.97. The molecular formula is C16H16N4O3. The van der Waals surface area contributed by atoms with Crippen LogP contribution in [-0.2, 0) is 11.3 Å². The molecule has 3 rings (SSSR count). The summed E-state index contributed by atoms with van der Waals surface area (Å²) in [6.07, 6.45) is 2.73. The second kappa shape index (κ2) is 6.35. The highest BCUT2D eigenvalue weighted by atomic mass is 16.3. The van der Waals surface area contributed by atoms with Crippen molar-refractivity contribution in [1.29, 1.82) is 0 Å². The first-order chi connectivity index (χ1) is 11.1. The Kier molecular flexibility index (Phi) is 4.09.